The molecule has 1 saturated carbocycles. The average molecular weight is 348 g/mol. The second kappa shape index (κ2) is 5.47. The Kier molecular flexibility index (Phi) is 3.30. The summed E-state index contributed by atoms with van der Waals surface area (Å²) < 4.78 is 2.20. The van der Waals surface area contributed by atoms with Gasteiger partial charge in [-0.25, -0.2) is 4.98 Å². The minimum Gasteiger partial charge on any atom is -0.352 e. The SMILES string of the molecule is C=CCN1c2cccnc2-n2cccc2C12CCN(C(=O)C1CC1C)C2. The van der Waals surface area contributed by atoms with E-state index in [2.05, 4.69) is 57.2 Å². The molecule has 4 heterocycles. The van der Waals surface area contributed by atoms with Crippen molar-refractivity contribution >= 4 is 11.6 Å². The number of nitrogens with zero attached hydrogens (tertiary/aromatic N) is 4. The van der Waals surface area contributed by atoms with Crippen LogP contribution in [0.3, 0.4) is 0 Å². The lowest BCUT2D eigenvalue weighted by atomic mass is 9.89. The van der Waals surface area contributed by atoms with Gasteiger partial charge in [0.2, 0.25) is 5.91 Å². The fourth-order valence-corrected chi connectivity index (χ4v) is 4.81. The fourth-order valence-electron chi connectivity index (χ4n) is 4.81. The zero-order valence-electron chi connectivity index (χ0n) is 15.1. The summed E-state index contributed by atoms with van der Waals surface area (Å²) in [5.41, 5.74) is 2.14. The van der Waals surface area contributed by atoms with Crippen LogP contribution >= 0.6 is 0 Å². The maximum absolute atomic E-state index is 12.9. The highest BCUT2D eigenvalue weighted by Gasteiger charge is 2.52. The second-order valence-electron chi connectivity index (χ2n) is 7.87. The molecule has 5 rings (SSSR count). The van der Waals surface area contributed by atoms with Crippen LogP contribution in [0.4, 0.5) is 5.69 Å². The molecule has 0 aromatic carbocycles. The third kappa shape index (κ3) is 2.03. The molecule has 1 spiro atoms. The van der Waals surface area contributed by atoms with Gasteiger partial charge >= 0.3 is 0 Å². The molecular formula is C21H24N4O. The molecule has 3 atom stereocenters. The van der Waals surface area contributed by atoms with Gasteiger partial charge in [-0.2, -0.15) is 0 Å². The van der Waals surface area contributed by atoms with E-state index >= 15 is 0 Å². The molecule has 1 saturated heterocycles. The van der Waals surface area contributed by atoms with Crippen molar-refractivity contribution in [3.8, 4) is 5.82 Å². The molecule has 2 fully saturated rings. The number of fused-ring (bicyclic) bond motifs is 4. The first-order valence-corrected chi connectivity index (χ1v) is 9.46. The summed E-state index contributed by atoms with van der Waals surface area (Å²) in [6.45, 7) is 8.45. The number of aromatic nitrogens is 2. The minimum absolute atomic E-state index is 0.207. The first-order valence-electron chi connectivity index (χ1n) is 9.46. The summed E-state index contributed by atoms with van der Waals surface area (Å²) >= 11 is 0. The molecule has 2 aromatic rings. The van der Waals surface area contributed by atoms with Gasteiger partial charge in [-0.15, -0.1) is 6.58 Å². The van der Waals surface area contributed by atoms with Gasteiger partial charge in [0.05, 0.1) is 11.4 Å². The van der Waals surface area contributed by atoms with Crippen LogP contribution in [-0.4, -0.2) is 40.0 Å². The zero-order chi connectivity index (χ0) is 17.9. The van der Waals surface area contributed by atoms with E-state index in [1.807, 2.05) is 18.3 Å². The lowest BCUT2D eigenvalue weighted by Gasteiger charge is -2.46. The number of carbonyl (C=O) groups excluding carboxylic acids is 1. The molecule has 2 aliphatic heterocycles. The highest BCUT2D eigenvalue weighted by molar-refractivity contribution is 5.82. The van der Waals surface area contributed by atoms with Crippen LogP contribution in [0.2, 0.25) is 0 Å². The normalized spacial score (nSPS) is 28.8. The maximum atomic E-state index is 12.9. The Labute approximate surface area is 153 Å². The van der Waals surface area contributed by atoms with E-state index < -0.39 is 0 Å². The molecule has 5 heteroatoms. The van der Waals surface area contributed by atoms with E-state index in [1.165, 1.54) is 5.69 Å². The van der Waals surface area contributed by atoms with Crippen LogP contribution in [0.25, 0.3) is 5.82 Å². The molecule has 2 aromatic heterocycles. The summed E-state index contributed by atoms with van der Waals surface area (Å²) in [7, 11) is 0. The first kappa shape index (κ1) is 15.7. The summed E-state index contributed by atoms with van der Waals surface area (Å²) in [4.78, 5) is 22.0. The third-order valence-corrected chi connectivity index (χ3v) is 6.33. The molecule has 5 nitrogen and oxygen atoms in total. The van der Waals surface area contributed by atoms with Crippen LogP contribution in [-0.2, 0) is 10.3 Å². The number of carbonyl (C=O) groups is 1. The molecule has 3 unspecified atom stereocenters. The highest BCUT2D eigenvalue weighted by atomic mass is 16.2. The predicted molar refractivity (Wildman–Crippen MR) is 101 cm³/mol. The lowest BCUT2D eigenvalue weighted by molar-refractivity contribution is -0.132. The Morgan fingerprint density at radius 1 is 1.42 bits per heavy atom. The largest absolute Gasteiger partial charge is 0.352 e. The third-order valence-electron chi connectivity index (χ3n) is 6.33. The van der Waals surface area contributed by atoms with E-state index in [0.717, 1.165) is 44.0 Å². The Bertz CT molecular complexity index is 888. The topological polar surface area (TPSA) is 41.4 Å². The molecule has 0 N–H and O–H groups in total. The number of likely N-dealkylation sites (tertiary alicyclic amines) is 1. The zero-order valence-corrected chi connectivity index (χ0v) is 15.1. The van der Waals surface area contributed by atoms with Crippen LogP contribution in [0, 0.1) is 11.8 Å². The van der Waals surface area contributed by atoms with E-state index in [0.29, 0.717) is 11.8 Å². The van der Waals surface area contributed by atoms with E-state index in [4.69, 9.17) is 0 Å². The van der Waals surface area contributed by atoms with Crippen molar-refractivity contribution in [1.29, 1.82) is 0 Å². The number of anilines is 1. The van der Waals surface area contributed by atoms with Gasteiger partial charge in [0.1, 0.15) is 5.54 Å². The monoisotopic (exact) mass is 348 g/mol. The fraction of sp³-hybridized carbons (Fsp3) is 0.429. The van der Waals surface area contributed by atoms with Crippen molar-refractivity contribution in [2.75, 3.05) is 24.5 Å². The molecule has 0 bridgehead atoms. The number of amides is 1. The van der Waals surface area contributed by atoms with Crippen molar-refractivity contribution in [2.45, 2.75) is 25.3 Å². The molecular weight excluding hydrogens is 324 g/mol. The molecule has 26 heavy (non-hydrogen) atoms. The van der Waals surface area contributed by atoms with Crippen molar-refractivity contribution < 1.29 is 4.79 Å². The quantitative estimate of drug-likeness (QED) is 0.801. The Hall–Kier alpha value is -2.56. The van der Waals surface area contributed by atoms with E-state index in [-0.39, 0.29) is 11.5 Å². The van der Waals surface area contributed by atoms with Gasteiger partial charge in [-0.1, -0.05) is 13.0 Å². The summed E-state index contributed by atoms with van der Waals surface area (Å²) in [5, 5.41) is 0. The average Bonchev–Trinajstić information content (AvgIpc) is 3.05. The molecule has 3 aliphatic rings. The maximum Gasteiger partial charge on any atom is 0.226 e. The number of pyridine rings is 1. The van der Waals surface area contributed by atoms with Crippen LogP contribution in [0.1, 0.15) is 25.5 Å². The number of rotatable bonds is 3. The minimum atomic E-state index is -0.207. The molecule has 0 radical (unpaired) electrons. The predicted octanol–water partition coefficient (Wildman–Crippen LogP) is 2.96. The Balaban J connectivity index is 1.59. The van der Waals surface area contributed by atoms with Gasteiger partial charge in [0.15, 0.2) is 5.82 Å². The summed E-state index contributed by atoms with van der Waals surface area (Å²) in [6, 6.07) is 8.38. The van der Waals surface area contributed by atoms with Gasteiger partial charge in [-0.3, -0.25) is 4.79 Å². The van der Waals surface area contributed by atoms with Gasteiger partial charge in [0.25, 0.3) is 0 Å². The smallest absolute Gasteiger partial charge is 0.226 e. The second-order valence-corrected chi connectivity index (χ2v) is 7.87. The summed E-state index contributed by atoms with van der Waals surface area (Å²) in [5.74, 6) is 2.08. The van der Waals surface area contributed by atoms with Gasteiger partial charge < -0.3 is 14.4 Å². The number of hydrogen-bond acceptors (Lipinski definition) is 3. The van der Waals surface area contributed by atoms with Crippen molar-refractivity contribution in [2.24, 2.45) is 11.8 Å². The standard InChI is InChI=1S/C21H24N4O/c1-3-10-25-17-6-4-9-22-19(17)24-11-5-7-18(24)21(25)8-12-23(14-21)20(26)16-13-15(16)2/h3-7,9,11,15-16H,1,8,10,12-14H2,2H3. The van der Waals surface area contributed by atoms with Gasteiger partial charge in [-0.05, 0) is 43.0 Å². The lowest BCUT2D eigenvalue weighted by Crippen LogP contribution is -2.53. The molecule has 134 valence electrons. The summed E-state index contributed by atoms with van der Waals surface area (Å²) in [6.07, 6.45) is 7.85. The highest BCUT2D eigenvalue weighted by Crippen LogP contribution is 2.48. The van der Waals surface area contributed by atoms with Crippen molar-refractivity contribution in [3.63, 3.8) is 0 Å². The number of hydrogen-bond donors (Lipinski definition) is 0. The van der Waals surface area contributed by atoms with Crippen LogP contribution < -0.4 is 4.90 Å². The van der Waals surface area contributed by atoms with Crippen LogP contribution in [0.5, 0.6) is 0 Å². The van der Waals surface area contributed by atoms with E-state index in [1.54, 1.807) is 0 Å². The molecule has 1 amide bonds. The Morgan fingerprint density at radius 3 is 3.04 bits per heavy atom. The first-order chi connectivity index (χ1) is 12.7. The van der Waals surface area contributed by atoms with Crippen molar-refractivity contribution in [1.82, 2.24) is 14.5 Å². The van der Waals surface area contributed by atoms with Crippen molar-refractivity contribution in [3.05, 3.63) is 55.0 Å². The van der Waals surface area contributed by atoms with Crippen LogP contribution in [0.15, 0.2) is 49.3 Å². The molecule has 1 aliphatic carbocycles. The van der Waals surface area contributed by atoms with E-state index in [9.17, 15) is 4.79 Å². The van der Waals surface area contributed by atoms with Gasteiger partial charge in [0, 0.05) is 37.9 Å². The Morgan fingerprint density at radius 2 is 2.27 bits per heavy atom.